The standard InChI is InChI=1S/C10H22N2O2/c1-9(2)14-7-5-4-6-12-10(13)8-11-3/h9,11H,4-8H2,1-3H3,(H,12,13). The number of likely N-dealkylation sites (N-methyl/N-ethyl adjacent to an activating group) is 1. The summed E-state index contributed by atoms with van der Waals surface area (Å²) in [6, 6.07) is 0. The second kappa shape index (κ2) is 8.97. The largest absolute Gasteiger partial charge is 0.379 e. The molecule has 0 bridgehead atoms. The number of carbonyl (C=O) groups excluding carboxylic acids is 1. The Bertz CT molecular complexity index is 149. The van der Waals surface area contributed by atoms with E-state index >= 15 is 0 Å². The van der Waals surface area contributed by atoms with Gasteiger partial charge < -0.3 is 15.4 Å². The van der Waals surface area contributed by atoms with Gasteiger partial charge in [0.15, 0.2) is 0 Å². The summed E-state index contributed by atoms with van der Waals surface area (Å²) in [4.78, 5) is 11.0. The molecule has 84 valence electrons. The number of unbranched alkanes of at least 4 members (excludes halogenated alkanes) is 1. The molecule has 0 saturated heterocycles. The van der Waals surface area contributed by atoms with Gasteiger partial charge in [0.2, 0.25) is 5.91 Å². The van der Waals surface area contributed by atoms with Crippen LogP contribution in [0.15, 0.2) is 0 Å². The number of amides is 1. The smallest absolute Gasteiger partial charge is 0.233 e. The van der Waals surface area contributed by atoms with Gasteiger partial charge in [-0.15, -0.1) is 0 Å². The molecule has 0 spiro atoms. The molecule has 0 unspecified atom stereocenters. The van der Waals surface area contributed by atoms with Gasteiger partial charge in [-0.3, -0.25) is 4.79 Å². The van der Waals surface area contributed by atoms with E-state index in [0.29, 0.717) is 12.6 Å². The van der Waals surface area contributed by atoms with Crippen LogP contribution in [0.25, 0.3) is 0 Å². The van der Waals surface area contributed by atoms with Crippen molar-refractivity contribution in [3.63, 3.8) is 0 Å². The molecule has 0 aromatic carbocycles. The quantitative estimate of drug-likeness (QED) is 0.564. The third-order valence-electron chi connectivity index (χ3n) is 1.68. The second-order valence-electron chi connectivity index (χ2n) is 3.51. The summed E-state index contributed by atoms with van der Waals surface area (Å²) >= 11 is 0. The first-order chi connectivity index (χ1) is 6.66. The number of hydrogen-bond donors (Lipinski definition) is 2. The molecular weight excluding hydrogens is 180 g/mol. The average Bonchev–Trinajstić information content (AvgIpc) is 2.11. The molecule has 1 amide bonds. The van der Waals surface area contributed by atoms with Crippen LogP contribution < -0.4 is 10.6 Å². The topological polar surface area (TPSA) is 50.4 Å². The molecule has 2 N–H and O–H groups in total. The molecule has 0 saturated carbocycles. The number of carbonyl (C=O) groups is 1. The van der Waals surface area contributed by atoms with Gasteiger partial charge in [-0.2, -0.15) is 0 Å². The highest BCUT2D eigenvalue weighted by Gasteiger charge is 1.97. The summed E-state index contributed by atoms with van der Waals surface area (Å²) in [7, 11) is 1.76. The fraction of sp³-hybridized carbons (Fsp3) is 0.900. The van der Waals surface area contributed by atoms with Gasteiger partial charge >= 0.3 is 0 Å². The first-order valence-electron chi connectivity index (χ1n) is 5.19. The van der Waals surface area contributed by atoms with Gasteiger partial charge in [-0.05, 0) is 33.7 Å². The Hall–Kier alpha value is -0.610. The molecule has 0 radical (unpaired) electrons. The maximum absolute atomic E-state index is 11.0. The Morgan fingerprint density at radius 2 is 2.07 bits per heavy atom. The Morgan fingerprint density at radius 3 is 2.64 bits per heavy atom. The van der Waals surface area contributed by atoms with E-state index in [1.807, 2.05) is 13.8 Å². The van der Waals surface area contributed by atoms with Gasteiger partial charge in [0.1, 0.15) is 0 Å². The van der Waals surface area contributed by atoms with Crippen LogP contribution in [0.1, 0.15) is 26.7 Å². The Balaban J connectivity index is 3.09. The summed E-state index contributed by atoms with van der Waals surface area (Å²) in [5.41, 5.74) is 0. The van der Waals surface area contributed by atoms with Gasteiger partial charge in [-0.1, -0.05) is 0 Å². The molecule has 14 heavy (non-hydrogen) atoms. The van der Waals surface area contributed by atoms with Crippen molar-refractivity contribution < 1.29 is 9.53 Å². The van der Waals surface area contributed by atoms with E-state index < -0.39 is 0 Å². The Morgan fingerprint density at radius 1 is 1.36 bits per heavy atom. The van der Waals surface area contributed by atoms with Crippen molar-refractivity contribution in [2.75, 3.05) is 26.7 Å². The zero-order valence-electron chi connectivity index (χ0n) is 9.43. The zero-order valence-corrected chi connectivity index (χ0v) is 9.43. The molecule has 0 atom stereocenters. The SMILES string of the molecule is CNCC(=O)NCCCCOC(C)C. The lowest BCUT2D eigenvalue weighted by atomic mass is 10.3. The van der Waals surface area contributed by atoms with Gasteiger partial charge in [0.05, 0.1) is 12.6 Å². The van der Waals surface area contributed by atoms with Crippen molar-refractivity contribution in [1.29, 1.82) is 0 Å². The number of hydrogen-bond acceptors (Lipinski definition) is 3. The summed E-state index contributed by atoms with van der Waals surface area (Å²) in [5, 5.41) is 5.61. The molecule has 0 aliphatic heterocycles. The van der Waals surface area contributed by atoms with E-state index in [1.54, 1.807) is 7.05 Å². The minimum absolute atomic E-state index is 0.0530. The number of rotatable bonds is 8. The van der Waals surface area contributed by atoms with Gasteiger partial charge in [-0.25, -0.2) is 0 Å². The fourth-order valence-corrected chi connectivity index (χ4v) is 0.997. The third kappa shape index (κ3) is 9.48. The fourth-order valence-electron chi connectivity index (χ4n) is 0.997. The van der Waals surface area contributed by atoms with Crippen LogP contribution in [-0.2, 0) is 9.53 Å². The van der Waals surface area contributed by atoms with E-state index in [-0.39, 0.29) is 5.91 Å². The van der Waals surface area contributed by atoms with Crippen LogP contribution in [-0.4, -0.2) is 38.8 Å². The van der Waals surface area contributed by atoms with E-state index in [1.165, 1.54) is 0 Å². The van der Waals surface area contributed by atoms with Gasteiger partial charge in [0.25, 0.3) is 0 Å². The third-order valence-corrected chi connectivity index (χ3v) is 1.68. The monoisotopic (exact) mass is 202 g/mol. The normalized spacial score (nSPS) is 10.6. The van der Waals surface area contributed by atoms with Crippen LogP contribution in [0.3, 0.4) is 0 Å². The molecule has 0 fully saturated rings. The molecule has 0 aromatic rings. The first kappa shape index (κ1) is 13.4. The molecule has 0 aliphatic rings. The Labute approximate surface area is 86.4 Å². The predicted molar refractivity (Wildman–Crippen MR) is 57.3 cm³/mol. The van der Waals surface area contributed by atoms with Crippen LogP contribution in [0, 0.1) is 0 Å². The van der Waals surface area contributed by atoms with Crippen molar-refractivity contribution in [1.82, 2.24) is 10.6 Å². The molecule has 4 heteroatoms. The highest BCUT2D eigenvalue weighted by molar-refractivity contribution is 5.77. The van der Waals surface area contributed by atoms with Crippen LogP contribution in [0.4, 0.5) is 0 Å². The number of nitrogens with one attached hydrogen (secondary N) is 2. The van der Waals surface area contributed by atoms with Crippen LogP contribution >= 0.6 is 0 Å². The highest BCUT2D eigenvalue weighted by Crippen LogP contribution is 1.93. The maximum atomic E-state index is 11.0. The summed E-state index contributed by atoms with van der Waals surface area (Å²) in [5.74, 6) is 0.0530. The van der Waals surface area contributed by atoms with Crippen molar-refractivity contribution in [3.05, 3.63) is 0 Å². The van der Waals surface area contributed by atoms with Crippen molar-refractivity contribution >= 4 is 5.91 Å². The van der Waals surface area contributed by atoms with E-state index in [9.17, 15) is 4.79 Å². The summed E-state index contributed by atoms with van der Waals surface area (Å²) in [6.45, 7) is 5.95. The molecular formula is C10H22N2O2. The van der Waals surface area contributed by atoms with E-state index in [0.717, 1.165) is 26.0 Å². The molecule has 0 aliphatic carbocycles. The summed E-state index contributed by atoms with van der Waals surface area (Å²) in [6.07, 6.45) is 2.27. The van der Waals surface area contributed by atoms with Crippen LogP contribution in [0.2, 0.25) is 0 Å². The molecule has 4 nitrogen and oxygen atoms in total. The minimum Gasteiger partial charge on any atom is -0.379 e. The van der Waals surface area contributed by atoms with E-state index in [2.05, 4.69) is 10.6 Å². The molecule has 0 rings (SSSR count). The lowest BCUT2D eigenvalue weighted by Crippen LogP contribution is -2.32. The van der Waals surface area contributed by atoms with Crippen molar-refractivity contribution in [2.45, 2.75) is 32.8 Å². The van der Waals surface area contributed by atoms with Gasteiger partial charge in [0, 0.05) is 13.2 Å². The first-order valence-corrected chi connectivity index (χ1v) is 5.19. The lowest BCUT2D eigenvalue weighted by Gasteiger charge is -2.07. The maximum Gasteiger partial charge on any atom is 0.233 e. The zero-order chi connectivity index (χ0) is 10.8. The Kier molecular flexibility index (Phi) is 8.57. The van der Waals surface area contributed by atoms with Crippen molar-refractivity contribution in [3.8, 4) is 0 Å². The molecule has 0 aromatic heterocycles. The molecule has 0 heterocycles. The summed E-state index contributed by atoms with van der Waals surface area (Å²) < 4.78 is 5.37. The van der Waals surface area contributed by atoms with Crippen LogP contribution in [0.5, 0.6) is 0 Å². The van der Waals surface area contributed by atoms with Crippen molar-refractivity contribution in [2.24, 2.45) is 0 Å². The lowest BCUT2D eigenvalue weighted by molar-refractivity contribution is -0.120. The number of ether oxygens (including phenoxy) is 1. The average molecular weight is 202 g/mol. The highest BCUT2D eigenvalue weighted by atomic mass is 16.5. The minimum atomic E-state index is 0.0530. The second-order valence-corrected chi connectivity index (χ2v) is 3.51. The van der Waals surface area contributed by atoms with E-state index in [4.69, 9.17) is 4.74 Å². The predicted octanol–water partition coefficient (Wildman–Crippen LogP) is 0.527.